The summed E-state index contributed by atoms with van der Waals surface area (Å²) in [7, 11) is 0. The highest BCUT2D eigenvalue weighted by molar-refractivity contribution is 5.95. The first-order valence-electron chi connectivity index (χ1n) is 14.8. The van der Waals surface area contributed by atoms with Gasteiger partial charge >= 0.3 is 0 Å². The summed E-state index contributed by atoms with van der Waals surface area (Å²) in [6, 6.07) is 19.2. The van der Waals surface area contributed by atoms with Crippen LogP contribution in [0.15, 0.2) is 60.8 Å². The Labute approximate surface area is 234 Å². The first kappa shape index (κ1) is 24.2. The van der Waals surface area contributed by atoms with Gasteiger partial charge in [0.1, 0.15) is 11.4 Å². The van der Waals surface area contributed by atoms with E-state index in [-0.39, 0.29) is 17.9 Å². The molecule has 0 bridgehead atoms. The van der Waals surface area contributed by atoms with E-state index in [1.54, 1.807) is 0 Å². The summed E-state index contributed by atoms with van der Waals surface area (Å²) >= 11 is 0. The van der Waals surface area contributed by atoms with Crippen LogP contribution >= 0.6 is 0 Å². The first-order chi connectivity index (χ1) is 19.7. The topological polar surface area (TPSA) is 81.7 Å². The molecule has 1 unspecified atom stereocenters. The van der Waals surface area contributed by atoms with Gasteiger partial charge in [-0.1, -0.05) is 18.2 Å². The van der Waals surface area contributed by atoms with Gasteiger partial charge in [0.05, 0.1) is 22.9 Å². The fourth-order valence-electron chi connectivity index (χ4n) is 7.21. The molecule has 2 atom stereocenters. The average Bonchev–Trinajstić information content (AvgIpc) is 3.52. The van der Waals surface area contributed by atoms with Crippen LogP contribution in [0.25, 0.3) is 10.9 Å². The van der Waals surface area contributed by atoms with Gasteiger partial charge in [0, 0.05) is 61.9 Å². The van der Waals surface area contributed by atoms with E-state index in [1.165, 1.54) is 16.8 Å². The summed E-state index contributed by atoms with van der Waals surface area (Å²) in [6.07, 6.45) is 9.00. The number of hydrogen-bond donors (Lipinski definition) is 1. The minimum atomic E-state index is -0.315. The van der Waals surface area contributed by atoms with Crippen molar-refractivity contribution in [2.75, 3.05) is 36.0 Å². The maximum absolute atomic E-state index is 6.75. The Morgan fingerprint density at radius 1 is 0.950 bits per heavy atom. The van der Waals surface area contributed by atoms with E-state index in [1.807, 2.05) is 24.4 Å². The zero-order valence-electron chi connectivity index (χ0n) is 22.8. The predicted octanol–water partition coefficient (Wildman–Crippen LogP) is 5.65. The van der Waals surface area contributed by atoms with Crippen molar-refractivity contribution in [2.45, 2.75) is 62.8 Å². The van der Waals surface area contributed by atoms with E-state index in [9.17, 15) is 0 Å². The number of hydrogen-bond acceptors (Lipinski definition) is 7. The van der Waals surface area contributed by atoms with Gasteiger partial charge in [0.25, 0.3) is 0 Å². The van der Waals surface area contributed by atoms with Gasteiger partial charge in [-0.15, -0.1) is 0 Å². The number of aromatic nitrogens is 3. The highest BCUT2D eigenvalue weighted by atomic mass is 16.5. The molecule has 4 aliphatic rings. The molecule has 0 amide bonds. The summed E-state index contributed by atoms with van der Waals surface area (Å²) in [5.41, 5.74) is 12.2. The molecule has 2 aromatic heterocycles. The minimum absolute atomic E-state index is 0.0357. The second-order valence-electron chi connectivity index (χ2n) is 11.7. The molecule has 2 aromatic carbocycles. The van der Waals surface area contributed by atoms with Crippen LogP contribution in [-0.2, 0) is 11.2 Å². The third kappa shape index (κ3) is 3.80. The molecule has 40 heavy (non-hydrogen) atoms. The van der Waals surface area contributed by atoms with Crippen LogP contribution in [-0.4, -0.2) is 46.6 Å². The number of pyridine rings is 1. The van der Waals surface area contributed by atoms with Gasteiger partial charge in [-0.2, -0.15) is 5.10 Å². The molecule has 1 spiro atoms. The van der Waals surface area contributed by atoms with Crippen molar-refractivity contribution < 1.29 is 9.47 Å². The predicted molar refractivity (Wildman–Crippen MR) is 156 cm³/mol. The summed E-state index contributed by atoms with van der Waals surface area (Å²) in [4.78, 5) is 9.50. The van der Waals surface area contributed by atoms with Gasteiger partial charge in [0.2, 0.25) is 0 Å². The zero-order valence-corrected chi connectivity index (χ0v) is 22.8. The summed E-state index contributed by atoms with van der Waals surface area (Å²) in [6.45, 7) is 3.53. The lowest BCUT2D eigenvalue weighted by atomic mass is 9.83. The summed E-state index contributed by atoms with van der Waals surface area (Å²) in [5, 5.41) is 6.41. The molecule has 8 heteroatoms. The van der Waals surface area contributed by atoms with E-state index in [0.717, 1.165) is 99.5 Å². The van der Waals surface area contributed by atoms with E-state index >= 15 is 0 Å². The Hall–Kier alpha value is -3.62. The van der Waals surface area contributed by atoms with Crippen LogP contribution < -0.4 is 20.3 Å². The van der Waals surface area contributed by atoms with Gasteiger partial charge < -0.3 is 25.0 Å². The number of aryl methyl sites for hydroxylation is 1. The molecular formula is C32H36N6O2. The van der Waals surface area contributed by atoms with Gasteiger partial charge in [-0.05, 0) is 68.5 Å². The molecule has 2 saturated heterocycles. The van der Waals surface area contributed by atoms with E-state index in [4.69, 9.17) is 20.3 Å². The fourth-order valence-corrected chi connectivity index (χ4v) is 7.21. The van der Waals surface area contributed by atoms with Crippen molar-refractivity contribution in [1.82, 2.24) is 14.8 Å². The number of nitrogens with two attached hydrogens (primary N) is 1. The van der Waals surface area contributed by atoms with E-state index in [0.29, 0.717) is 0 Å². The molecule has 2 fully saturated rings. The van der Waals surface area contributed by atoms with Crippen molar-refractivity contribution in [3.05, 3.63) is 72.1 Å². The highest BCUT2D eigenvalue weighted by Gasteiger charge is 2.48. The van der Waals surface area contributed by atoms with Gasteiger partial charge in [-0.3, -0.25) is 4.98 Å². The van der Waals surface area contributed by atoms with Crippen molar-refractivity contribution in [2.24, 2.45) is 5.73 Å². The lowest BCUT2D eigenvalue weighted by molar-refractivity contribution is -0.0365. The van der Waals surface area contributed by atoms with Crippen LogP contribution in [0.3, 0.4) is 0 Å². The Kier molecular flexibility index (Phi) is 5.74. The zero-order chi connectivity index (χ0) is 26.7. The number of fused-ring (bicyclic) bond motifs is 3. The number of nitrogens with zero attached hydrogens (tertiary/aromatic N) is 5. The number of benzene rings is 2. The SMILES string of the molecule is N[C@@H]1c2ccccc2OC12CCN(c1ccc3c(N4CCCc5ncccc54)nn(C4CCCCO4)c3c1)CC2. The number of ether oxygens (including phenoxy) is 2. The van der Waals surface area contributed by atoms with Crippen molar-refractivity contribution >= 4 is 28.1 Å². The smallest absolute Gasteiger partial charge is 0.163 e. The molecule has 8 nitrogen and oxygen atoms in total. The van der Waals surface area contributed by atoms with E-state index < -0.39 is 0 Å². The van der Waals surface area contributed by atoms with E-state index in [2.05, 4.69) is 55.9 Å². The van der Waals surface area contributed by atoms with Gasteiger partial charge in [-0.25, -0.2) is 4.68 Å². The molecule has 4 aliphatic heterocycles. The van der Waals surface area contributed by atoms with Crippen LogP contribution in [0.4, 0.5) is 17.2 Å². The fraction of sp³-hybridized carbons (Fsp3) is 0.438. The second-order valence-corrected chi connectivity index (χ2v) is 11.7. The first-order valence-corrected chi connectivity index (χ1v) is 14.8. The normalized spacial score (nSPS) is 23.7. The number of anilines is 3. The molecule has 2 N–H and O–H groups in total. The third-order valence-corrected chi connectivity index (χ3v) is 9.42. The van der Waals surface area contributed by atoms with Crippen LogP contribution in [0, 0.1) is 0 Å². The van der Waals surface area contributed by atoms with Crippen molar-refractivity contribution in [3.63, 3.8) is 0 Å². The Morgan fingerprint density at radius 2 is 1.85 bits per heavy atom. The Balaban J connectivity index is 1.13. The number of para-hydroxylation sites is 1. The van der Waals surface area contributed by atoms with Crippen LogP contribution in [0.2, 0.25) is 0 Å². The molecule has 6 heterocycles. The molecule has 0 aliphatic carbocycles. The standard InChI is InChI=1S/C32H36N6O2/c33-30-24-7-1-2-10-28(24)40-32(30)14-18-36(19-15-32)22-12-13-23-27(21-22)38(29-11-3-4-20-39-29)35-31(23)37-17-6-8-25-26(37)9-5-16-34-25/h1-2,5,7,9-10,12-13,16,21,29-30H,3-4,6,8,11,14-15,17-20,33H2/t29?,30-/m1/s1. The highest BCUT2D eigenvalue weighted by Crippen LogP contribution is 2.47. The molecule has 206 valence electrons. The van der Waals surface area contributed by atoms with Gasteiger partial charge in [0.15, 0.2) is 12.0 Å². The molecule has 0 radical (unpaired) electrons. The second kappa shape index (κ2) is 9.49. The molecule has 0 saturated carbocycles. The molecular weight excluding hydrogens is 500 g/mol. The van der Waals surface area contributed by atoms with Crippen LogP contribution in [0.5, 0.6) is 5.75 Å². The average molecular weight is 537 g/mol. The van der Waals surface area contributed by atoms with Crippen molar-refractivity contribution in [1.29, 1.82) is 0 Å². The lowest BCUT2D eigenvalue weighted by Gasteiger charge is -2.42. The summed E-state index contributed by atoms with van der Waals surface area (Å²) < 4.78 is 14.9. The molecule has 4 aromatic rings. The third-order valence-electron chi connectivity index (χ3n) is 9.42. The quantitative estimate of drug-likeness (QED) is 0.363. The maximum Gasteiger partial charge on any atom is 0.163 e. The Morgan fingerprint density at radius 3 is 2.70 bits per heavy atom. The van der Waals surface area contributed by atoms with Crippen LogP contribution in [0.1, 0.15) is 62.1 Å². The van der Waals surface area contributed by atoms with Crippen molar-refractivity contribution in [3.8, 4) is 5.75 Å². The molecule has 8 rings (SSSR count). The minimum Gasteiger partial charge on any atom is -0.485 e. The largest absolute Gasteiger partial charge is 0.485 e. The summed E-state index contributed by atoms with van der Waals surface area (Å²) in [5.74, 6) is 1.95. The lowest BCUT2D eigenvalue weighted by Crippen LogP contribution is -2.51. The number of rotatable bonds is 3. The monoisotopic (exact) mass is 536 g/mol. The maximum atomic E-state index is 6.75. The Bertz CT molecular complexity index is 1550. The number of piperidine rings is 1.